The van der Waals surface area contributed by atoms with Crippen LogP contribution in [0.5, 0.6) is 0 Å². The number of hydrogen-bond acceptors (Lipinski definition) is 4. The van der Waals surface area contributed by atoms with E-state index in [4.69, 9.17) is 10.9 Å². The number of amidine groups is 1. The van der Waals surface area contributed by atoms with Crippen molar-refractivity contribution in [2.24, 2.45) is 16.8 Å². The number of H-pyrrole nitrogens is 1. The van der Waals surface area contributed by atoms with Crippen molar-refractivity contribution < 1.29 is 10.0 Å². The summed E-state index contributed by atoms with van der Waals surface area (Å²) in [5.41, 5.74) is 6.74. The Morgan fingerprint density at radius 2 is 2.32 bits per heavy atom. The minimum Gasteiger partial charge on any atom is -0.409 e. The molecule has 1 rings (SSSR count). The number of amides is 1. The van der Waals surface area contributed by atoms with E-state index in [1.807, 2.05) is 13.8 Å². The fourth-order valence-corrected chi connectivity index (χ4v) is 1.75. The van der Waals surface area contributed by atoms with E-state index in [0.717, 1.165) is 5.69 Å². The lowest BCUT2D eigenvalue weighted by Crippen LogP contribution is -2.37. The van der Waals surface area contributed by atoms with Crippen LogP contribution in [0, 0.1) is 12.8 Å². The Labute approximate surface area is 112 Å². The van der Waals surface area contributed by atoms with Gasteiger partial charge in [-0.1, -0.05) is 19.0 Å². The number of nitrogens with two attached hydrogens (primary N) is 1. The molecular weight excluding hydrogens is 246 g/mol. The second-order valence-electron chi connectivity index (χ2n) is 4.90. The third-order valence-electron chi connectivity index (χ3n) is 2.70. The average molecular weight is 267 g/mol. The lowest BCUT2D eigenvalue weighted by molar-refractivity contribution is 0.0740. The lowest BCUT2D eigenvalue weighted by Gasteiger charge is -2.24. The number of nitrogens with zero attached hydrogens (tertiary/aromatic N) is 3. The molecule has 0 saturated carbocycles. The normalized spacial score (nSPS) is 11.9. The summed E-state index contributed by atoms with van der Waals surface area (Å²) >= 11 is 0. The summed E-state index contributed by atoms with van der Waals surface area (Å²) in [6, 6.07) is 0. The van der Waals surface area contributed by atoms with Crippen LogP contribution in [0.3, 0.4) is 0 Å². The number of rotatable bonds is 6. The van der Waals surface area contributed by atoms with E-state index in [0.29, 0.717) is 31.0 Å². The molecule has 0 aliphatic heterocycles. The Balaban J connectivity index is 2.79. The van der Waals surface area contributed by atoms with Crippen LogP contribution in [0.25, 0.3) is 0 Å². The first-order valence-electron chi connectivity index (χ1n) is 6.21. The van der Waals surface area contributed by atoms with E-state index >= 15 is 0 Å². The summed E-state index contributed by atoms with van der Waals surface area (Å²) in [5.74, 6) is 0.361. The molecule has 0 saturated heterocycles. The molecule has 0 aliphatic rings. The molecule has 7 heteroatoms. The van der Waals surface area contributed by atoms with Crippen LogP contribution in [-0.4, -0.2) is 45.1 Å². The van der Waals surface area contributed by atoms with Crippen molar-refractivity contribution in [3.63, 3.8) is 0 Å². The Hall–Kier alpha value is -2.05. The maximum Gasteiger partial charge on any atom is 0.257 e. The van der Waals surface area contributed by atoms with Gasteiger partial charge in [0.05, 0.1) is 11.8 Å². The molecule has 0 fully saturated rings. The van der Waals surface area contributed by atoms with E-state index in [1.165, 1.54) is 6.20 Å². The first kappa shape index (κ1) is 15.0. The monoisotopic (exact) mass is 267 g/mol. The largest absolute Gasteiger partial charge is 0.409 e. The number of aromatic nitrogens is 2. The number of aromatic amines is 1. The van der Waals surface area contributed by atoms with Crippen molar-refractivity contribution in [3.05, 3.63) is 17.5 Å². The van der Waals surface area contributed by atoms with Crippen LogP contribution >= 0.6 is 0 Å². The van der Waals surface area contributed by atoms with Gasteiger partial charge in [-0.15, -0.1) is 0 Å². The number of hydrogen-bond donors (Lipinski definition) is 3. The van der Waals surface area contributed by atoms with Crippen LogP contribution in [0.2, 0.25) is 0 Å². The molecular formula is C12H21N5O2. The fourth-order valence-electron chi connectivity index (χ4n) is 1.75. The van der Waals surface area contributed by atoms with Gasteiger partial charge in [-0.25, -0.2) is 0 Å². The standard InChI is InChI=1S/C12H21N5O2/c1-8(2)7-17(5-4-11(13)16-19)12(18)10-6-14-15-9(10)3/h6,8,19H,4-5,7H2,1-3H3,(H2,13,16)(H,14,15). The highest BCUT2D eigenvalue weighted by Gasteiger charge is 2.20. The van der Waals surface area contributed by atoms with Gasteiger partial charge in [-0.3, -0.25) is 9.89 Å². The highest BCUT2D eigenvalue weighted by Crippen LogP contribution is 2.10. The number of carbonyl (C=O) groups is 1. The third kappa shape index (κ3) is 4.27. The fraction of sp³-hybridized carbons (Fsp3) is 0.583. The van der Waals surface area contributed by atoms with Crippen molar-refractivity contribution in [3.8, 4) is 0 Å². The zero-order valence-corrected chi connectivity index (χ0v) is 11.6. The second-order valence-corrected chi connectivity index (χ2v) is 4.90. The lowest BCUT2D eigenvalue weighted by atomic mass is 10.1. The quantitative estimate of drug-likeness (QED) is 0.308. The van der Waals surface area contributed by atoms with Crippen LogP contribution < -0.4 is 5.73 Å². The van der Waals surface area contributed by atoms with E-state index in [2.05, 4.69) is 15.4 Å². The molecule has 1 aromatic rings. The minimum absolute atomic E-state index is 0.0920. The molecule has 4 N–H and O–H groups in total. The molecule has 19 heavy (non-hydrogen) atoms. The maximum atomic E-state index is 12.4. The molecule has 1 heterocycles. The first-order valence-corrected chi connectivity index (χ1v) is 6.21. The smallest absolute Gasteiger partial charge is 0.257 e. The van der Waals surface area contributed by atoms with Crippen LogP contribution in [0.1, 0.15) is 36.3 Å². The number of carbonyl (C=O) groups excluding carboxylic acids is 1. The predicted molar refractivity (Wildman–Crippen MR) is 72.1 cm³/mol. The molecule has 0 radical (unpaired) electrons. The van der Waals surface area contributed by atoms with Gasteiger partial charge in [0, 0.05) is 25.2 Å². The summed E-state index contributed by atoms with van der Waals surface area (Å²) in [6.07, 6.45) is 1.86. The van der Waals surface area contributed by atoms with Crippen molar-refractivity contribution in [1.29, 1.82) is 0 Å². The maximum absolute atomic E-state index is 12.4. The highest BCUT2D eigenvalue weighted by atomic mass is 16.4. The van der Waals surface area contributed by atoms with Crippen molar-refractivity contribution in [2.75, 3.05) is 13.1 Å². The molecule has 0 bridgehead atoms. The van der Waals surface area contributed by atoms with Gasteiger partial charge >= 0.3 is 0 Å². The van der Waals surface area contributed by atoms with Gasteiger partial charge in [-0.05, 0) is 12.8 Å². The minimum atomic E-state index is -0.0920. The summed E-state index contributed by atoms with van der Waals surface area (Å²) in [6.45, 7) is 6.90. The Morgan fingerprint density at radius 1 is 1.63 bits per heavy atom. The van der Waals surface area contributed by atoms with Crippen molar-refractivity contribution >= 4 is 11.7 Å². The Kier molecular flexibility index (Phi) is 5.35. The van der Waals surface area contributed by atoms with Crippen molar-refractivity contribution in [1.82, 2.24) is 15.1 Å². The second kappa shape index (κ2) is 6.77. The molecule has 0 atom stereocenters. The summed E-state index contributed by atoms with van der Waals surface area (Å²) in [4.78, 5) is 14.1. The Bertz CT molecular complexity index is 453. The number of aryl methyl sites for hydroxylation is 1. The molecule has 106 valence electrons. The molecule has 0 aromatic carbocycles. The van der Waals surface area contributed by atoms with Gasteiger partial charge < -0.3 is 15.8 Å². The van der Waals surface area contributed by atoms with Crippen LogP contribution in [-0.2, 0) is 0 Å². The molecule has 0 unspecified atom stereocenters. The number of nitrogens with one attached hydrogen (secondary N) is 1. The zero-order chi connectivity index (χ0) is 14.4. The Morgan fingerprint density at radius 3 is 2.79 bits per heavy atom. The summed E-state index contributed by atoms with van der Waals surface area (Å²) < 4.78 is 0. The molecule has 1 amide bonds. The van der Waals surface area contributed by atoms with Gasteiger partial charge in [0.1, 0.15) is 5.84 Å². The topological polar surface area (TPSA) is 108 Å². The highest BCUT2D eigenvalue weighted by molar-refractivity contribution is 5.95. The van der Waals surface area contributed by atoms with Crippen LogP contribution in [0.15, 0.2) is 11.4 Å². The first-order chi connectivity index (χ1) is 8.95. The predicted octanol–water partition coefficient (Wildman–Crippen LogP) is 0.953. The number of oxime groups is 1. The molecule has 0 spiro atoms. The molecule has 0 aliphatic carbocycles. The van der Waals surface area contributed by atoms with Gasteiger partial charge in [-0.2, -0.15) is 5.10 Å². The summed E-state index contributed by atoms with van der Waals surface area (Å²) in [5, 5.41) is 18.1. The molecule has 1 aromatic heterocycles. The van der Waals surface area contributed by atoms with E-state index in [9.17, 15) is 4.79 Å². The van der Waals surface area contributed by atoms with Gasteiger partial charge in [0.25, 0.3) is 5.91 Å². The SMILES string of the molecule is Cc1[nH]ncc1C(=O)N(CCC(N)=NO)CC(C)C. The molecule has 7 nitrogen and oxygen atoms in total. The van der Waals surface area contributed by atoms with Crippen LogP contribution in [0.4, 0.5) is 0 Å². The van der Waals surface area contributed by atoms with Gasteiger partial charge in [0.15, 0.2) is 0 Å². The van der Waals surface area contributed by atoms with E-state index in [-0.39, 0.29) is 11.7 Å². The zero-order valence-electron chi connectivity index (χ0n) is 11.6. The van der Waals surface area contributed by atoms with Gasteiger partial charge in [0.2, 0.25) is 0 Å². The van der Waals surface area contributed by atoms with E-state index < -0.39 is 0 Å². The summed E-state index contributed by atoms with van der Waals surface area (Å²) in [7, 11) is 0. The van der Waals surface area contributed by atoms with Crippen molar-refractivity contribution in [2.45, 2.75) is 27.2 Å². The average Bonchev–Trinajstić information content (AvgIpc) is 2.78. The third-order valence-corrected chi connectivity index (χ3v) is 2.70. The van der Waals surface area contributed by atoms with E-state index in [1.54, 1.807) is 11.8 Å².